The van der Waals surface area contributed by atoms with Crippen molar-refractivity contribution in [2.75, 3.05) is 6.54 Å². The zero-order valence-electron chi connectivity index (χ0n) is 15.5. The van der Waals surface area contributed by atoms with Crippen molar-refractivity contribution in [3.8, 4) is 0 Å². The molecule has 1 aliphatic carbocycles. The third kappa shape index (κ3) is 6.45. The Labute approximate surface area is 173 Å². The molecule has 5 nitrogen and oxygen atoms in total. The minimum atomic E-state index is 0. The van der Waals surface area contributed by atoms with E-state index in [1.165, 1.54) is 44.1 Å². The Morgan fingerprint density at radius 1 is 1.08 bits per heavy atom. The van der Waals surface area contributed by atoms with Crippen LogP contribution in [0.4, 0.5) is 0 Å². The average Bonchev–Trinajstić information content (AvgIpc) is 2.85. The van der Waals surface area contributed by atoms with Gasteiger partial charge in [-0.05, 0) is 30.4 Å². The van der Waals surface area contributed by atoms with Crippen LogP contribution in [0.5, 0.6) is 0 Å². The van der Waals surface area contributed by atoms with Crippen molar-refractivity contribution in [3.05, 3.63) is 35.4 Å². The smallest absolute Gasteiger partial charge is 0.222 e. The van der Waals surface area contributed by atoms with Gasteiger partial charge in [0.1, 0.15) is 0 Å². The number of nitrogens with one attached hydrogen (secondary N) is 1. The Hall–Kier alpha value is -1.31. The van der Waals surface area contributed by atoms with Crippen molar-refractivity contribution >= 4 is 35.8 Å². The van der Waals surface area contributed by atoms with E-state index in [2.05, 4.69) is 34.6 Å². The fourth-order valence-electron chi connectivity index (χ4n) is 3.70. The SMILES string of the molecule is I.NC(=NCc1ccc(CN2CCCC2=O)cc1)NC1CCCCCC1. The molecule has 0 unspecified atom stereocenters. The number of nitrogens with two attached hydrogens (primary N) is 1. The van der Waals surface area contributed by atoms with Crippen LogP contribution in [0, 0.1) is 0 Å². The predicted octanol–water partition coefficient (Wildman–Crippen LogP) is 3.55. The van der Waals surface area contributed by atoms with E-state index in [-0.39, 0.29) is 29.9 Å². The summed E-state index contributed by atoms with van der Waals surface area (Å²) in [7, 11) is 0. The zero-order chi connectivity index (χ0) is 17.5. The summed E-state index contributed by atoms with van der Waals surface area (Å²) >= 11 is 0. The summed E-state index contributed by atoms with van der Waals surface area (Å²) in [5.74, 6) is 0.824. The van der Waals surface area contributed by atoms with E-state index in [0.29, 0.717) is 31.5 Å². The van der Waals surface area contributed by atoms with Gasteiger partial charge in [0.05, 0.1) is 6.54 Å². The van der Waals surface area contributed by atoms with Gasteiger partial charge in [-0.1, -0.05) is 49.9 Å². The molecule has 144 valence electrons. The average molecular weight is 470 g/mol. The van der Waals surface area contributed by atoms with Crippen LogP contribution in [-0.4, -0.2) is 29.4 Å². The van der Waals surface area contributed by atoms with E-state index < -0.39 is 0 Å². The molecule has 1 aliphatic heterocycles. The maximum Gasteiger partial charge on any atom is 0.222 e. The van der Waals surface area contributed by atoms with Crippen molar-refractivity contribution in [2.45, 2.75) is 70.5 Å². The molecule has 1 saturated heterocycles. The highest BCUT2D eigenvalue weighted by molar-refractivity contribution is 14.0. The lowest BCUT2D eigenvalue weighted by molar-refractivity contribution is -0.128. The molecule has 1 heterocycles. The fourth-order valence-corrected chi connectivity index (χ4v) is 3.70. The van der Waals surface area contributed by atoms with Crippen LogP contribution in [0.3, 0.4) is 0 Å². The molecule has 0 spiro atoms. The quantitative estimate of drug-likeness (QED) is 0.299. The Morgan fingerprint density at radius 2 is 1.73 bits per heavy atom. The van der Waals surface area contributed by atoms with Gasteiger partial charge in [0.15, 0.2) is 5.96 Å². The van der Waals surface area contributed by atoms with Crippen LogP contribution in [0.25, 0.3) is 0 Å². The van der Waals surface area contributed by atoms with E-state index in [1.54, 1.807) is 0 Å². The van der Waals surface area contributed by atoms with E-state index in [1.807, 2.05) is 4.90 Å². The number of guanidine groups is 1. The second kappa shape index (κ2) is 10.7. The lowest BCUT2D eigenvalue weighted by atomic mass is 10.1. The third-order valence-corrected chi connectivity index (χ3v) is 5.21. The van der Waals surface area contributed by atoms with Crippen LogP contribution in [0.15, 0.2) is 29.3 Å². The maximum atomic E-state index is 11.7. The Bertz CT molecular complexity index is 594. The lowest BCUT2D eigenvalue weighted by Gasteiger charge is -2.17. The Morgan fingerprint density at radius 3 is 2.35 bits per heavy atom. The van der Waals surface area contributed by atoms with Crippen molar-refractivity contribution < 1.29 is 4.79 Å². The van der Waals surface area contributed by atoms with Crippen molar-refractivity contribution in [1.82, 2.24) is 10.2 Å². The molecule has 3 N–H and O–H groups in total. The molecule has 2 fully saturated rings. The molecule has 26 heavy (non-hydrogen) atoms. The topological polar surface area (TPSA) is 70.7 Å². The zero-order valence-corrected chi connectivity index (χ0v) is 17.8. The van der Waals surface area contributed by atoms with Crippen molar-refractivity contribution in [1.29, 1.82) is 0 Å². The molecule has 0 radical (unpaired) electrons. The van der Waals surface area contributed by atoms with Crippen LogP contribution in [0.1, 0.15) is 62.5 Å². The summed E-state index contributed by atoms with van der Waals surface area (Å²) in [5.41, 5.74) is 8.37. The minimum absolute atomic E-state index is 0. The first-order valence-electron chi connectivity index (χ1n) is 9.63. The highest BCUT2D eigenvalue weighted by atomic mass is 127. The van der Waals surface area contributed by atoms with Gasteiger partial charge >= 0.3 is 0 Å². The van der Waals surface area contributed by atoms with Gasteiger partial charge in [-0.25, -0.2) is 4.99 Å². The van der Waals surface area contributed by atoms with E-state index in [0.717, 1.165) is 18.5 Å². The lowest BCUT2D eigenvalue weighted by Crippen LogP contribution is -2.39. The van der Waals surface area contributed by atoms with Gasteiger partial charge in [0.2, 0.25) is 5.91 Å². The van der Waals surface area contributed by atoms with Gasteiger partial charge in [0.25, 0.3) is 0 Å². The number of aliphatic imine (C=N–C) groups is 1. The molecule has 0 atom stereocenters. The largest absolute Gasteiger partial charge is 0.370 e. The van der Waals surface area contributed by atoms with Crippen LogP contribution < -0.4 is 11.1 Å². The highest BCUT2D eigenvalue weighted by Gasteiger charge is 2.19. The molecule has 1 saturated carbocycles. The normalized spacial score (nSPS) is 19.2. The molecule has 2 aliphatic rings. The molecule has 0 bridgehead atoms. The van der Waals surface area contributed by atoms with Gasteiger partial charge < -0.3 is 16.0 Å². The first-order chi connectivity index (χ1) is 12.2. The molecule has 1 aromatic rings. The van der Waals surface area contributed by atoms with Gasteiger partial charge in [-0.3, -0.25) is 4.79 Å². The number of likely N-dealkylation sites (tertiary alicyclic amines) is 1. The number of amides is 1. The second-order valence-electron chi connectivity index (χ2n) is 7.27. The number of hydrogen-bond acceptors (Lipinski definition) is 2. The molecule has 1 aromatic carbocycles. The summed E-state index contributed by atoms with van der Waals surface area (Å²) in [6, 6.07) is 8.82. The number of benzene rings is 1. The van der Waals surface area contributed by atoms with Crippen LogP contribution in [-0.2, 0) is 17.9 Å². The number of carbonyl (C=O) groups is 1. The Kier molecular flexibility index (Phi) is 8.68. The Balaban J connectivity index is 0.00000243. The summed E-state index contributed by atoms with van der Waals surface area (Å²) in [5, 5.41) is 3.38. The number of rotatable bonds is 5. The first kappa shape index (κ1) is 21.0. The van der Waals surface area contributed by atoms with Gasteiger partial charge in [0, 0.05) is 25.6 Å². The third-order valence-electron chi connectivity index (χ3n) is 5.21. The van der Waals surface area contributed by atoms with Crippen LogP contribution in [0.2, 0.25) is 0 Å². The maximum absolute atomic E-state index is 11.7. The fraction of sp³-hybridized carbons (Fsp3) is 0.600. The highest BCUT2D eigenvalue weighted by Crippen LogP contribution is 2.17. The van der Waals surface area contributed by atoms with E-state index in [4.69, 9.17) is 5.73 Å². The molecule has 6 heteroatoms. The number of nitrogens with zero attached hydrogens (tertiary/aromatic N) is 2. The summed E-state index contributed by atoms with van der Waals surface area (Å²) < 4.78 is 0. The molecule has 3 rings (SSSR count). The second-order valence-corrected chi connectivity index (χ2v) is 7.27. The summed E-state index contributed by atoms with van der Waals surface area (Å²) in [6.07, 6.45) is 9.31. The number of hydrogen-bond donors (Lipinski definition) is 2. The van der Waals surface area contributed by atoms with Crippen molar-refractivity contribution in [2.24, 2.45) is 10.7 Å². The number of carbonyl (C=O) groups excluding carboxylic acids is 1. The molecular weight excluding hydrogens is 439 g/mol. The van der Waals surface area contributed by atoms with E-state index >= 15 is 0 Å². The standard InChI is InChI=1S/C20H30N4O.HI/c21-20(23-18-6-3-1-2-4-7-18)22-14-16-9-11-17(12-10-16)15-24-13-5-8-19(24)25;/h9-12,18H,1-8,13-15H2,(H3,21,22,23);1H. The van der Waals surface area contributed by atoms with Crippen molar-refractivity contribution in [3.63, 3.8) is 0 Å². The number of halogens is 1. The monoisotopic (exact) mass is 470 g/mol. The summed E-state index contributed by atoms with van der Waals surface area (Å²) in [6.45, 7) is 2.19. The van der Waals surface area contributed by atoms with Gasteiger partial charge in [-0.2, -0.15) is 0 Å². The summed E-state index contributed by atoms with van der Waals surface area (Å²) in [4.78, 5) is 18.1. The predicted molar refractivity (Wildman–Crippen MR) is 116 cm³/mol. The first-order valence-corrected chi connectivity index (χ1v) is 9.63. The van der Waals surface area contributed by atoms with Gasteiger partial charge in [-0.15, -0.1) is 24.0 Å². The van der Waals surface area contributed by atoms with Crippen LogP contribution >= 0.6 is 24.0 Å². The molecular formula is C20H31IN4O. The van der Waals surface area contributed by atoms with E-state index in [9.17, 15) is 4.79 Å². The molecule has 0 aromatic heterocycles. The minimum Gasteiger partial charge on any atom is -0.370 e. The molecule has 1 amide bonds.